The predicted octanol–water partition coefficient (Wildman–Crippen LogP) is 4.24. The van der Waals surface area contributed by atoms with E-state index in [2.05, 4.69) is 10.3 Å². The smallest absolute Gasteiger partial charge is 0.262 e. The first-order valence-corrected chi connectivity index (χ1v) is 7.79. The van der Waals surface area contributed by atoms with Crippen LogP contribution in [0.1, 0.15) is 5.76 Å². The van der Waals surface area contributed by atoms with E-state index in [1.807, 2.05) is 6.07 Å². The van der Waals surface area contributed by atoms with Crippen LogP contribution < -0.4 is 5.32 Å². The quantitative estimate of drug-likeness (QED) is 0.907. The minimum Gasteiger partial charge on any atom is -0.469 e. The number of amides is 1. The average molecular weight is 341 g/mol. The predicted molar refractivity (Wildman–Crippen MR) is 86.3 cm³/mol. The zero-order valence-corrected chi connectivity index (χ0v) is 13.0. The fourth-order valence-electron chi connectivity index (χ4n) is 1.90. The van der Waals surface area contributed by atoms with Crippen molar-refractivity contribution in [2.75, 3.05) is 5.32 Å². The number of thioether (sulfide) groups is 1. The van der Waals surface area contributed by atoms with Gasteiger partial charge in [0.2, 0.25) is 0 Å². The van der Waals surface area contributed by atoms with Gasteiger partial charge in [0.15, 0.2) is 5.17 Å². The molecule has 0 spiro atoms. The van der Waals surface area contributed by atoms with Crippen molar-refractivity contribution in [2.45, 2.75) is 11.7 Å². The van der Waals surface area contributed by atoms with Crippen LogP contribution in [0, 0.1) is 0 Å². The molecule has 0 saturated heterocycles. The Morgan fingerprint density at radius 2 is 2.14 bits per heavy atom. The number of furan rings is 1. The number of benzene rings is 1. The summed E-state index contributed by atoms with van der Waals surface area (Å²) < 4.78 is 5.26. The van der Waals surface area contributed by atoms with Crippen LogP contribution in [0.2, 0.25) is 10.0 Å². The van der Waals surface area contributed by atoms with E-state index in [9.17, 15) is 4.79 Å². The maximum Gasteiger partial charge on any atom is 0.262 e. The van der Waals surface area contributed by atoms with Crippen LogP contribution in [0.3, 0.4) is 0 Å². The third-order valence-electron chi connectivity index (χ3n) is 2.90. The third kappa shape index (κ3) is 3.26. The SMILES string of the molecule is O=C1N=C(Nc2cccc(Cl)c2Cl)SC1Cc1ccco1. The van der Waals surface area contributed by atoms with Crippen molar-refractivity contribution in [3.05, 3.63) is 52.4 Å². The maximum absolute atomic E-state index is 11.9. The summed E-state index contributed by atoms with van der Waals surface area (Å²) in [6.45, 7) is 0. The van der Waals surface area contributed by atoms with Crippen molar-refractivity contribution in [1.29, 1.82) is 0 Å². The highest BCUT2D eigenvalue weighted by atomic mass is 35.5. The summed E-state index contributed by atoms with van der Waals surface area (Å²) in [4.78, 5) is 15.9. The zero-order valence-electron chi connectivity index (χ0n) is 10.7. The first-order chi connectivity index (χ1) is 10.1. The van der Waals surface area contributed by atoms with Crippen molar-refractivity contribution in [1.82, 2.24) is 0 Å². The molecule has 1 atom stereocenters. The Balaban J connectivity index is 1.69. The number of halogens is 2. The molecule has 1 aromatic carbocycles. The van der Waals surface area contributed by atoms with Gasteiger partial charge in [0.25, 0.3) is 5.91 Å². The van der Waals surface area contributed by atoms with Gasteiger partial charge in [0.05, 0.1) is 22.0 Å². The summed E-state index contributed by atoms with van der Waals surface area (Å²) in [5, 5.41) is 4.12. The first kappa shape index (κ1) is 14.5. The molecule has 0 aliphatic carbocycles. The summed E-state index contributed by atoms with van der Waals surface area (Å²) in [5.74, 6) is 0.579. The van der Waals surface area contributed by atoms with Gasteiger partial charge in [-0.05, 0) is 24.3 Å². The van der Waals surface area contributed by atoms with Crippen molar-refractivity contribution in [3.8, 4) is 0 Å². The number of hydrogen-bond donors (Lipinski definition) is 1. The summed E-state index contributed by atoms with van der Waals surface area (Å²) in [6.07, 6.45) is 2.10. The molecule has 2 aromatic rings. The Bertz CT molecular complexity index is 701. The molecule has 0 fully saturated rings. The zero-order chi connectivity index (χ0) is 14.8. The van der Waals surface area contributed by atoms with E-state index in [1.54, 1.807) is 30.5 Å². The second kappa shape index (κ2) is 6.13. The Morgan fingerprint density at radius 3 is 2.90 bits per heavy atom. The summed E-state index contributed by atoms with van der Waals surface area (Å²) >= 11 is 13.4. The summed E-state index contributed by atoms with van der Waals surface area (Å²) in [7, 11) is 0. The molecule has 1 aliphatic rings. The molecule has 108 valence electrons. The van der Waals surface area contributed by atoms with Crippen LogP contribution in [-0.4, -0.2) is 16.3 Å². The molecule has 21 heavy (non-hydrogen) atoms. The largest absolute Gasteiger partial charge is 0.469 e. The van der Waals surface area contributed by atoms with Crippen LogP contribution in [0.15, 0.2) is 46.0 Å². The molecule has 4 nitrogen and oxygen atoms in total. The van der Waals surface area contributed by atoms with Gasteiger partial charge in [-0.15, -0.1) is 0 Å². The third-order valence-corrected chi connectivity index (χ3v) is 4.79. The molecule has 3 rings (SSSR count). The number of amidine groups is 1. The van der Waals surface area contributed by atoms with Gasteiger partial charge in [-0.1, -0.05) is 41.0 Å². The van der Waals surface area contributed by atoms with Crippen LogP contribution in [-0.2, 0) is 11.2 Å². The van der Waals surface area contributed by atoms with Gasteiger partial charge in [-0.2, -0.15) is 4.99 Å². The highest BCUT2D eigenvalue weighted by Gasteiger charge is 2.29. The molecular formula is C14H10Cl2N2O2S. The topological polar surface area (TPSA) is 54.6 Å². The average Bonchev–Trinajstić information content (AvgIpc) is 3.07. The molecule has 0 radical (unpaired) electrons. The van der Waals surface area contributed by atoms with E-state index < -0.39 is 0 Å². The Labute approximate surface area is 135 Å². The molecule has 0 bridgehead atoms. The lowest BCUT2D eigenvalue weighted by molar-refractivity contribution is -0.117. The lowest BCUT2D eigenvalue weighted by Crippen LogP contribution is -2.13. The van der Waals surface area contributed by atoms with Crippen LogP contribution in [0.5, 0.6) is 0 Å². The maximum atomic E-state index is 11.9. The van der Waals surface area contributed by atoms with Crippen molar-refractivity contribution in [2.24, 2.45) is 4.99 Å². The Kier molecular flexibility index (Phi) is 4.24. The number of rotatable bonds is 3. The minimum atomic E-state index is -0.281. The normalized spacial score (nSPS) is 17.9. The van der Waals surface area contributed by atoms with E-state index in [4.69, 9.17) is 27.6 Å². The highest BCUT2D eigenvalue weighted by Crippen LogP contribution is 2.32. The van der Waals surface area contributed by atoms with Gasteiger partial charge in [0.1, 0.15) is 11.0 Å². The van der Waals surface area contributed by atoms with Gasteiger partial charge in [0, 0.05) is 6.42 Å². The molecule has 0 saturated carbocycles. The molecule has 1 amide bonds. The van der Waals surface area contributed by atoms with Crippen molar-refractivity contribution in [3.63, 3.8) is 0 Å². The van der Waals surface area contributed by atoms with Gasteiger partial charge in [-0.25, -0.2) is 0 Å². The summed E-state index contributed by atoms with van der Waals surface area (Å²) in [5.41, 5.74) is 0.627. The Hall–Kier alpha value is -1.43. The number of carbonyl (C=O) groups is 1. The van der Waals surface area contributed by atoms with E-state index in [1.165, 1.54) is 11.8 Å². The van der Waals surface area contributed by atoms with Crippen LogP contribution >= 0.6 is 35.0 Å². The molecule has 1 N–H and O–H groups in total. The fourth-order valence-corrected chi connectivity index (χ4v) is 3.23. The van der Waals surface area contributed by atoms with E-state index in [-0.39, 0.29) is 11.2 Å². The number of nitrogens with one attached hydrogen (secondary N) is 1. The molecule has 1 unspecified atom stereocenters. The second-order valence-electron chi connectivity index (χ2n) is 4.37. The number of aliphatic imine (C=N–C) groups is 1. The number of hydrogen-bond acceptors (Lipinski definition) is 4. The molecule has 2 heterocycles. The monoisotopic (exact) mass is 340 g/mol. The molecular weight excluding hydrogens is 331 g/mol. The summed E-state index contributed by atoms with van der Waals surface area (Å²) in [6, 6.07) is 8.89. The number of anilines is 1. The molecule has 1 aliphatic heterocycles. The highest BCUT2D eigenvalue weighted by molar-refractivity contribution is 8.15. The second-order valence-corrected chi connectivity index (χ2v) is 6.35. The van der Waals surface area contributed by atoms with Gasteiger partial charge < -0.3 is 9.73 Å². The Morgan fingerprint density at radius 1 is 1.29 bits per heavy atom. The van der Waals surface area contributed by atoms with Crippen molar-refractivity contribution < 1.29 is 9.21 Å². The first-order valence-electron chi connectivity index (χ1n) is 6.16. The number of carbonyl (C=O) groups excluding carboxylic acids is 1. The van der Waals surface area contributed by atoms with Crippen LogP contribution in [0.4, 0.5) is 5.69 Å². The minimum absolute atomic E-state index is 0.183. The van der Waals surface area contributed by atoms with Gasteiger partial charge >= 0.3 is 0 Å². The van der Waals surface area contributed by atoms with E-state index in [0.717, 1.165) is 5.76 Å². The standard InChI is InChI=1S/C14H10Cl2N2O2S/c15-9-4-1-5-10(12(9)16)17-14-18-13(19)11(21-14)7-8-3-2-6-20-8/h1-6,11H,7H2,(H,17,18,19). The lowest BCUT2D eigenvalue weighted by Gasteiger charge is -2.09. The van der Waals surface area contributed by atoms with Crippen LogP contribution in [0.25, 0.3) is 0 Å². The molecule has 7 heteroatoms. The van der Waals surface area contributed by atoms with E-state index in [0.29, 0.717) is 27.3 Å². The molecule has 1 aromatic heterocycles. The lowest BCUT2D eigenvalue weighted by atomic mass is 10.2. The van der Waals surface area contributed by atoms with E-state index >= 15 is 0 Å². The van der Waals surface area contributed by atoms with Crippen molar-refractivity contribution >= 4 is 51.7 Å². The number of nitrogens with zero attached hydrogens (tertiary/aromatic N) is 1. The fraction of sp³-hybridized carbons (Fsp3) is 0.143. The van der Waals surface area contributed by atoms with Gasteiger partial charge in [-0.3, -0.25) is 4.79 Å².